The van der Waals surface area contributed by atoms with Crippen molar-refractivity contribution in [2.24, 2.45) is 10.8 Å². The molecule has 0 radical (unpaired) electrons. The maximum atomic E-state index is 12.7. The number of primary amides is 1. The number of hydrogen-bond donors (Lipinski definition) is 3. The van der Waals surface area contributed by atoms with Crippen molar-refractivity contribution < 1.29 is 32.3 Å². The first-order chi connectivity index (χ1) is 13.6. The third kappa shape index (κ3) is 6.97. The van der Waals surface area contributed by atoms with Crippen LogP contribution in [0.25, 0.3) is 0 Å². The molecule has 0 atom stereocenters. The molecule has 0 unspecified atom stereocenters. The summed E-state index contributed by atoms with van der Waals surface area (Å²) in [5, 5.41) is 5.64. The van der Waals surface area contributed by atoms with E-state index in [4.69, 9.17) is 10.5 Å². The van der Waals surface area contributed by atoms with E-state index in [1.54, 1.807) is 12.1 Å². The van der Waals surface area contributed by atoms with Gasteiger partial charge in [0.15, 0.2) is 6.61 Å². The summed E-state index contributed by atoms with van der Waals surface area (Å²) in [6.07, 6.45) is -3.35. The number of alkyl halides is 3. The lowest BCUT2D eigenvalue weighted by Crippen LogP contribution is -2.32. The normalized spacial score (nSPS) is 11.1. The molecule has 0 aliphatic carbocycles. The van der Waals surface area contributed by atoms with E-state index in [1.807, 2.05) is 5.43 Å². The van der Waals surface area contributed by atoms with Crippen LogP contribution in [0.5, 0.6) is 5.75 Å². The van der Waals surface area contributed by atoms with Gasteiger partial charge in [-0.25, -0.2) is 5.43 Å². The standard InChI is InChI=1S/C18H15F3N4O4/c19-18(20,21)12-2-1-3-13(8-12)24-16(27)17(28)25-23-9-11-4-6-14(7-5-11)29-10-15(22)26/h1-9H,10H2,(H2,22,26)(H,24,27)(H,25,28). The second-order valence-electron chi connectivity index (χ2n) is 5.56. The van der Waals surface area contributed by atoms with Crippen molar-refractivity contribution in [3.05, 3.63) is 59.7 Å². The molecule has 0 aliphatic rings. The van der Waals surface area contributed by atoms with Crippen LogP contribution in [0.3, 0.4) is 0 Å². The van der Waals surface area contributed by atoms with Crippen LogP contribution in [0.2, 0.25) is 0 Å². The molecule has 0 heterocycles. The third-order valence-corrected chi connectivity index (χ3v) is 3.29. The number of hydrazone groups is 1. The highest BCUT2D eigenvalue weighted by molar-refractivity contribution is 6.39. The number of halogens is 3. The van der Waals surface area contributed by atoms with Gasteiger partial charge in [-0.05, 0) is 48.0 Å². The monoisotopic (exact) mass is 408 g/mol. The van der Waals surface area contributed by atoms with Gasteiger partial charge >= 0.3 is 18.0 Å². The minimum Gasteiger partial charge on any atom is -0.484 e. The van der Waals surface area contributed by atoms with Gasteiger partial charge in [0.05, 0.1) is 11.8 Å². The van der Waals surface area contributed by atoms with Crippen LogP contribution < -0.4 is 21.2 Å². The van der Waals surface area contributed by atoms with Crippen molar-refractivity contribution >= 4 is 29.6 Å². The smallest absolute Gasteiger partial charge is 0.416 e. The molecular formula is C18H15F3N4O4. The fraction of sp³-hybridized carbons (Fsp3) is 0.111. The molecule has 0 aliphatic heterocycles. The average Bonchev–Trinajstić information content (AvgIpc) is 2.66. The molecule has 0 saturated heterocycles. The number of anilines is 1. The number of benzene rings is 2. The highest BCUT2D eigenvalue weighted by Gasteiger charge is 2.30. The number of nitrogens with one attached hydrogen (secondary N) is 2. The Kier molecular flexibility index (Phi) is 6.90. The van der Waals surface area contributed by atoms with Crippen molar-refractivity contribution in [1.29, 1.82) is 0 Å². The van der Waals surface area contributed by atoms with Crippen LogP contribution in [0, 0.1) is 0 Å². The number of nitrogens with two attached hydrogens (primary N) is 1. The van der Waals surface area contributed by atoms with Gasteiger partial charge in [-0.3, -0.25) is 14.4 Å². The molecule has 0 spiro atoms. The molecule has 11 heteroatoms. The summed E-state index contributed by atoms with van der Waals surface area (Å²) in [5.74, 6) is -2.58. The number of rotatable bonds is 6. The van der Waals surface area contributed by atoms with E-state index in [2.05, 4.69) is 10.4 Å². The van der Waals surface area contributed by atoms with Crippen LogP contribution in [-0.2, 0) is 20.6 Å². The predicted molar refractivity (Wildman–Crippen MR) is 96.9 cm³/mol. The highest BCUT2D eigenvalue weighted by Crippen LogP contribution is 2.30. The molecule has 8 nitrogen and oxygen atoms in total. The first-order valence-electron chi connectivity index (χ1n) is 7.98. The molecule has 152 valence electrons. The summed E-state index contributed by atoms with van der Waals surface area (Å²) in [6, 6.07) is 10.1. The molecule has 0 saturated carbocycles. The number of amides is 3. The summed E-state index contributed by atoms with van der Waals surface area (Å²) >= 11 is 0. The van der Waals surface area contributed by atoms with Crippen LogP contribution >= 0.6 is 0 Å². The highest BCUT2D eigenvalue weighted by atomic mass is 19.4. The maximum Gasteiger partial charge on any atom is 0.416 e. The Morgan fingerprint density at radius 2 is 1.76 bits per heavy atom. The maximum absolute atomic E-state index is 12.7. The second kappa shape index (κ2) is 9.35. The van der Waals surface area contributed by atoms with Crippen molar-refractivity contribution in [3.8, 4) is 5.75 Å². The van der Waals surface area contributed by atoms with Crippen LogP contribution in [0.1, 0.15) is 11.1 Å². The van der Waals surface area contributed by atoms with E-state index >= 15 is 0 Å². The summed E-state index contributed by atoms with van der Waals surface area (Å²) < 4.78 is 43.0. The van der Waals surface area contributed by atoms with Crippen LogP contribution in [-0.4, -0.2) is 30.5 Å². The number of hydrogen-bond acceptors (Lipinski definition) is 5. The number of ether oxygens (including phenoxy) is 1. The van der Waals surface area contributed by atoms with E-state index in [9.17, 15) is 27.6 Å². The Hall–Kier alpha value is -3.89. The fourth-order valence-electron chi connectivity index (χ4n) is 1.98. The van der Waals surface area contributed by atoms with E-state index in [-0.39, 0.29) is 12.3 Å². The summed E-state index contributed by atoms with van der Waals surface area (Å²) in [6.45, 7) is -0.273. The first kappa shape index (κ1) is 21.4. The lowest BCUT2D eigenvalue weighted by Gasteiger charge is -2.09. The summed E-state index contributed by atoms with van der Waals surface area (Å²) in [4.78, 5) is 34.1. The lowest BCUT2D eigenvalue weighted by atomic mass is 10.2. The lowest BCUT2D eigenvalue weighted by molar-refractivity contribution is -0.137. The molecule has 2 aromatic carbocycles. The minimum absolute atomic E-state index is 0.185. The average molecular weight is 408 g/mol. The van der Waals surface area contributed by atoms with Gasteiger partial charge in [0.2, 0.25) is 0 Å². The zero-order chi connectivity index (χ0) is 21.4. The van der Waals surface area contributed by atoms with Crippen molar-refractivity contribution in [2.45, 2.75) is 6.18 Å². The van der Waals surface area contributed by atoms with Gasteiger partial charge in [0.25, 0.3) is 5.91 Å². The van der Waals surface area contributed by atoms with Gasteiger partial charge in [-0.1, -0.05) is 6.07 Å². The van der Waals surface area contributed by atoms with Gasteiger partial charge < -0.3 is 15.8 Å². The van der Waals surface area contributed by atoms with Crippen molar-refractivity contribution in [3.63, 3.8) is 0 Å². The van der Waals surface area contributed by atoms with Gasteiger partial charge in [0, 0.05) is 5.69 Å². The first-order valence-corrected chi connectivity index (χ1v) is 7.98. The zero-order valence-electron chi connectivity index (χ0n) is 14.7. The SMILES string of the molecule is NC(=O)COc1ccc(C=NNC(=O)C(=O)Nc2cccc(C(F)(F)F)c2)cc1. The molecule has 29 heavy (non-hydrogen) atoms. The van der Waals surface area contributed by atoms with E-state index in [0.717, 1.165) is 12.1 Å². The van der Waals surface area contributed by atoms with Gasteiger partial charge in [0.1, 0.15) is 5.75 Å². The van der Waals surface area contributed by atoms with E-state index < -0.39 is 29.5 Å². The second-order valence-corrected chi connectivity index (χ2v) is 5.56. The Labute approximate surface area is 162 Å². The largest absolute Gasteiger partial charge is 0.484 e. The predicted octanol–water partition coefficient (Wildman–Crippen LogP) is 1.66. The molecular weight excluding hydrogens is 393 g/mol. The van der Waals surface area contributed by atoms with Gasteiger partial charge in [-0.15, -0.1) is 0 Å². The molecule has 2 rings (SSSR count). The molecule has 3 amide bonds. The number of carbonyl (C=O) groups is 3. The van der Waals surface area contributed by atoms with Crippen molar-refractivity contribution in [1.82, 2.24) is 5.43 Å². The fourth-order valence-corrected chi connectivity index (χ4v) is 1.98. The van der Waals surface area contributed by atoms with Gasteiger partial charge in [-0.2, -0.15) is 18.3 Å². The van der Waals surface area contributed by atoms with E-state index in [0.29, 0.717) is 17.4 Å². The van der Waals surface area contributed by atoms with Crippen molar-refractivity contribution in [2.75, 3.05) is 11.9 Å². The van der Waals surface area contributed by atoms with Crippen LogP contribution in [0.15, 0.2) is 53.6 Å². The molecule has 0 bridgehead atoms. The number of carbonyl (C=O) groups excluding carboxylic acids is 3. The Morgan fingerprint density at radius 3 is 2.38 bits per heavy atom. The quantitative estimate of drug-likeness (QED) is 0.382. The molecule has 4 N–H and O–H groups in total. The number of nitrogens with zero attached hydrogens (tertiary/aromatic N) is 1. The topological polar surface area (TPSA) is 123 Å². The Morgan fingerprint density at radius 1 is 1.07 bits per heavy atom. The summed E-state index contributed by atoms with van der Waals surface area (Å²) in [7, 11) is 0. The zero-order valence-corrected chi connectivity index (χ0v) is 14.7. The molecule has 2 aromatic rings. The minimum atomic E-state index is -4.58. The van der Waals surface area contributed by atoms with Crippen LogP contribution in [0.4, 0.5) is 18.9 Å². The summed E-state index contributed by atoms with van der Waals surface area (Å²) in [5.41, 5.74) is 6.30. The third-order valence-electron chi connectivity index (χ3n) is 3.29. The Balaban J connectivity index is 1.88. The van der Waals surface area contributed by atoms with E-state index in [1.165, 1.54) is 24.4 Å². The molecule has 0 aromatic heterocycles. The molecule has 0 fully saturated rings. The Bertz CT molecular complexity index is 927.